The van der Waals surface area contributed by atoms with Gasteiger partial charge in [0.25, 0.3) is 0 Å². The average Bonchev–Trinajstić information content (AvgIpc) is 3.38. The number of rotatable bonds is 7. The van der Waals surface area contributed by atoms with E-state index in [1.54, 1.807) is 0 Å². The predicted molar refractivity (Wildman–Crippen MR) is 182 cm³/mol. The number of fused-ring (bicyclic) bond motifs is 2. The SMILES string of the molecule is Cn1ncc2cc(CC(CC(=O)N3CCC(N4CCc5ccccc5NC4=O)CC3)C(=O)N3CCN(C4CCNCC4)CC3)ccc21. The number of para-hydroxylation sites is 1. The van der Waals surface area contributed by atoms with Crippen LogP contribution in [0.2, 0.25) is 0 Å². The molecule has 11 nitrogen and oxygen atoms in total. The normalized spacial score (nSPS) is 21.0. The molecule has 11 heteroatoms. The van der Waals surface area contributed by atoms with Crippen LogP contribution in [0.25, 0.3) is 10.9 Å². The van der Waals surface area contributed by atoms with E-state index in [2.05, 4.69) is 44.9 Å². The van der Waals surface area contributed by atoms with Gasteiger partial charge in [-0.25, -0.2) is 4.79 Å². The van der Waals surface area contributed by atoms with Gasteiger partial charge >= 0.3 is 6.03 Å². The van der Waals surface area contributed by atoms with E-state index in [4.69, 9.17) is 0 Å². The Morgan fingerprint density at radius 3 is 2.45 bits per heavy atom. The van der Waals surface area contributed by atoms with Crippen LogP contribution in [-0.4, -0.2) is 118 Å². The number of nitrogens with zero attached hydrogens (tertiary/aromatic N) is 6. The third kappa shape index (κ3) is 7.01. The third-order valence-electron chi connectivity index (χ3n) is 10.9. The lowest BCUT2D eigenvalue weighted by Gasteiger charge is -2.42. The molecule has 3 aromatic rings. The van der Waals surface area contributed by atoms with Gasteiger partial charge in [0.1, 0.15) is 0 Å². The molecule has 3 saturated heterocycles. The first-order valence-corrected chi connectivity index (χ1v) is 17.5. The van der Waals surface area contributed by atoms with Gasteiger partial charge in [-0.3, -0.25) is 19.2 Å². The summed E-state index contributed by atoms with van der Waals surface area (Å²) in [6.45, 7) is 7.19. The zero-order chi connectivity index (χ0) is 32.3. The molecule has 5 heterocycles. The number of piperidine rings is 2. The van der Waals surface area contributed by atoms with Gasteiger partial charge in [-0.2, -0.15) is 5.10 Å². The number of piperazine rings is 1. The quantitative estimate of drug-likeness (QED) is 0.412. The second-order valence-electron chi connectivity index (χ2n) is 13.8. The van der Waals surface area contributed by atoms with E-state index in [0.29, 0.717) is 45.2 Å². The van der Waals surface area contributed by atoms with Crippen molar-refractivity contribution in [3.8, 4) is 0 Å². The summed E-state index contributed by atoms with van der Waals surface area (Å²) < 4.78 is 1.85. The van der Waals surface area contributed by atoms with Crippen LogP contribution in [0.5, 0.6) is 0 Å². The number of carbonyl (C=O) groups excluding carboxylic acids is 3. The van der Waals surface area contributed by atoms with Gasteiger partial charge in [-0.15, -0.1) is 0 Å². The van der Waals surface area contributed by atoms with Crippen molar-refractivity contribution < 1.29 is 14.4 Å². The molecule has 4 aliphatic rings. The van der Waals surface area contributed by atoms with Gasteiger partial charge in [-0.05, 0) is 80.9 Å². The molecule has 0 radical (unpaired) electrons. The predicted octanol–water partition coefficient (Wildman–Crippen LogP) is 3.10. The highest BCUT2D eigenvalue weighted by atomic mass is 16.2. The van der Waals surface area contributed by atoms with E-state index in [1.165, 1.54) is 0 Å². The molecule has 7 rings (SSSR count). The first-order valence-electron chi connectivity index (χ1n) is 17.5. The third-order valence-corrected chi connectivity index (χ3v) is 10.9. The van der Waals surface area contributed by atoms with E-state index < -0.39 is 5.92 Å². The summed E-state index contributed by atoms with van der Waals surface area (Å²) in [6.07, 6.45) is 7.19. The van der Waals surface area contributed by atoms with E-state index >= 15 is 0 Å². The maximum atomic E-state index is 14.2. The van der Waals surface area contributed by atoms with Crippen molar-refractivity contribution in [2.45, 2.75) is 57.0 Å². The highest BCUT2D eigenvalue weighted by molar-refractivity contribution is 5.91. The summed E-state index contributed by atoms with van der Waals surface area (Å²) in [5.74, 6) is -0.301. The van der Waals surface area contributed by atoms with E-state index in [0.717, 1.165) is 86.0 Å². The molecule has 4 aliphatic heterocycles. The van der Waals surface area contributed by atoms with Crippen LogP contribution in [0.1, 0.15) is 43.2 Å². The fourth-order valence-corrected chi connectivity index (χ4v) is 8.11. The Labute approximate surface area is 277 Å². The second-order valence-corrected chi connectivity index (χ2v) is 13.8. The minimum atomic E-state index is -0.422. The summed E-state index contributed by atoms with van der Waals surface area (Å²) in [4.78, 5) is 49.5. The van der Waals surface area contributed by atoms with Gasteiger partial charge < -0.3 is 25.3 Å². The maximum absolute atomic E-state index is 14.2. The molecule has 0 bridgehead atoms. The molecule has 3 fully saturated rings. The molecule has 1 unspecified atom stereocenters. The lowest BCUT2D eigenvalue weighted by atomic mass is 9.92. The fraction of sp³-hybridized carbons (Fsp3) is 0.556. The Bertz CT molecular complexity index is 1580. The smallest absolute Gasteiger partial charge is 0.322 e. The van der Waals surface area contributed by atoms with Crippen LogP contribution >= 0.6 is 0 Å². The Kier molecular flexibility index (Phi) is 9.44. The number of benzene rings is 2. The molecule has 2 N–H and O–H groups in total. The molecule has 47 heavy (non-hydrogen) atoms. The number of carbonyl (C=O) groups is 3. The Hall–Kier alpha value is -3.96. The summed E-state index contributed by atoms with van der Waals surface area (Å²) in [7, 11) is 1.93. The number of amides is 4. The van der Waals surface area contributed by atoms with Crippen LogP contribution in [0.15, 0.2) is 48.7 Å². The van der Waals surface area contributed by atoms with Gasteiger partial charge in [0.05, 0.1) is 17.6 Å². The number of aromatic nitrogens is 2. The van der Waals surface area contributed by atoms with Crippen LogP contribution in [0, 0.1) is 5.92 Å². The Balaban J connectivity index is 0.995. The lowest BCUT2D eigenvalue weighted by molar-refractivity contribution is -0.143. The van der Waals surface area contributed by atoms with Crippen molar-refractivity contribution in [2.75, 3.05) is 64.2 Å². The Morgan fingerprint density at radius 2 is 1.66 bits per heavy atom. The first kappa shape index (κ1) is 31.6. The van der Waals surface area contributed by atoms with Crippen LogP contribution in [0.4, 0.5) is 10.5 Å². The highest BCUT2D eigenvalue weighted by Crippen LogP contribution is 2.27. The monoisotopic (exact) mass is 640 g/mol. The number of hydrogen-bond acceptors (Lipinski definition) is 6. The van der Waals surface area contributed by atoms with Crippen molar-refractivity contribution in [1.29, 1.82) is 0 Å². The standard InChI is InChI=1S/C36H48N8O3/c1-40-33-7-6-26(23-29(33)25-38-40)22-28(35(46)43-20-18-41(19-21-43)30-8-13-37-14-9-30)24-34(45)42-15-11-31(12-16-42)44-17-10-27-4-2-3-5-32(27)39-36(44)47/h2-7,23,25,28,30-31,37H,8-22,24H2,1H3,(H,39,47). The average molecular weight is 641 g/mol. The number of nitrogens with one attached hydrogen (secondary N) is 2. The minimum Gasteiger partial charge on any atom is -0.343 e. The molecule has 1 aromatic heterocycles. The van der Waals surface area contributed by atoms with Gasteiger partial charge in [0.2, 0.25) is 11.8 Å². The van der Waals surface area contributed by atoms with Gasteiger partial charge in [0, 0.05) is 82.4 Å². The lowest BCUT2D eigenvalue weighted by Crippen LogP contribution is -2.55. The van der Waals surface area contributed by atoms with E-state index in [1.807, 2.05) is 50.8 Å². The van der Waals surface area contributed by atoms with Crippen molar-refractivity contribution in [3.63, 3.8) is 0 Å². The van der Waals surface area contributed by atoms with E-state index in [-0.39, 0.29) is 30.3 Å². The van der Waals surface area contributed by atoms with Gasteiger partial charge in [0.15, 0.2) is 0 Å². The first-order chi connectivity index (χ1) is 22.9. The molecule has 250 valence electrons. The molecule has 0 spiro atoms. The van der Waals surface area contributed by atoms with Crippen molar-refractivity contribution >= 4 is 34.4 Å². The topological polar surface area (TPSA) is 106 Å². The molecule has 0 aliphatic carbocycles. The molecular formula is C36H48N8O3. The van der Waals surface area contributed by atoms with Crippen LogP contribution in [-0.2, 0) is 29.5 Å². The largest absolute Gasteiger partial charge is 0.343 e. The van der Waals surface area contributed by atoms with Crippen molar-refractivity contribution in [2.24, 2.45) is 13.0 Å². The number of aryl methyl sites for hydroxylation is 1. The van der Waals surface area contributed by atoms with Crippen LogP contribution < -0.4 is 10.6 Å². The summed E-state index contributed by atoms with van der Waals surface area (Å²) in [5.41, 5.74) is 4.14. The van der Waals surface area contributed by atoms with E-state index in [9.17, 15) is 14.4 Å². The van der Waals surface area contributed by atoms with Gasteiger partial charge in [-0.1, -0.05) is 24.3 Å². The van der Waals surface area contributed by atoms with Crippen molar-refractivity contribution in [3.05, 3.63) is 59.8 Å². The summed E-state index contributed by atoms with van der Waals surface area (Å²) >= 11 is 0. The fourth-order valence-electron chi connectivity index (χ4n) is 8.11. The zero-order valence-electron chi connectivity index (χ0n) is 27.6. The maximum Gasteiger partial charge on any atom is 0.322 e. The number of urea groups is 1. The molecule has 1 atom stereocenters. The molecule has 4 amide bonds. The second kappa shape index (κ2) is 14.0. The van der Waals surface area contributed by atoms with Crippen molar-refractivity contribution in [1.82, 2.24) is 34.7 Å². The number of anilines is 1. The summed E-state index contributed by atoms with van der Waals surface area (Å²) in [6, 6.07) is 14.8. The minimum absolute atomic E-state index is 0.0327. The molecule has 0 saturated carbocycles. The number of likely N-dealkylation sites (tertiary alicyclic amines) is 1. The zero-order valence-corrected chi connectivity index (χ0v) is 27.6. The Morgan fingerprint density at radius 1 is 0.894 bits per heavy atom. The molecule has 2 aromatic carbocycles. The molecular weight excluding hydrogens is 592 g/mol. The summed E-state index contributed by atoms with van der Waals surface area (Å²) in [5, 5.41) is 12.0. The highest BCUT2D eigenvalue weighted by Gasteiger charge is 2.35. The number of hydrogen-bond donors (Lipinski definition) is 2. The van der Waals surface area contributed by atoms with Crippen LogP contribution in [0.3, 0.4) is 0 Å².